The molecule has 1 aromatic heterocycles. The number of nitrogens with one attached hydrogen (secondary N) is 1. The molecule has 1 aliphatic heterocycles. The summed E-state index contributed by atoms with van der Waals surface area (Å²) in [6, 6.07) is 9.29. The van der Waals surface area contributed by atoms with Gasteiger partial charge in [0.2, 0.25) is 0 Å². The minimum Gasteiger partial charge on any atom is -0.332 e. The molecule has 0 unspecified atom stereocenters. The van der Waals surface area contributed by atoms with Crippen molar-refractivity contribution in [3.63, 3.8) is 0 Å². The van der Waals surface area contributed by atoms with E-state index in [1.807, 2.05) is 31.2 Å². The summed E-state index contributed by atoms with van der Waals surface area (Å²) in [4.78, 5) is 17.0. The van der Waals surface area contributed by atoms with Gasteiger partial charge in [-0.25, -0.2) is 0 Å². The molecule has 1 N–H and O–H groups in total. The molecule has 0 radical (unpaired) electrons. The van der Waals surface area contributed by atoms with Crippen LogP contribution in [0.3, 0.4) is 0 Å². The maximum absolute atomic E-state index is 13.0. The number of hydrogen-bond donors (Lipinski definition) is 1. The average molecular weight is 409 g/mol. The molecule has 1 fully saturated rings. The molecular weight excluding hydrogens is 384 g/mol. The third kappa shape index (κ3) is 5.34. The highest BCUT2D eigenvalue weighted by molar-refractivity contribution is 8.00. The molecule has 1 saturated heterocycles. The summed E-state index contributed by atoms with van der Waals surface area (Å²) in [6.07, 6.45) is 0. The Balaban J connectivity index is 1.71. The van der Waals surface area contributed by atoms with Crippen LogP contribution in [0.4, 0.5) is 0 Å². The first-order valence-electron chi connectivity index (χ1n) is 8.94. The number of H-pyrrole nitrogens is 1. The topological polar surface area (TPSA) is 69.3 Å². The van der Waals surface area contributed by atoms with Crippen molar-refractivity contribution in [3.8, 4) is 0 Å². The summed E-state index contributed by atoms with van der Waals surface area (Å²) in [6.45, 7) is 5.05. The number of rotatable bonds is 6. The summed E-state index contributed by atoms with van der Waals surface area (Å²) < 4.78 is 12.0. The van der Waals surface area contributed by atoms with Crippen LogP contribution in [0, 0.1) is 6.92 Å². The van der Waals surface area contributed by atoms with Crippen molar-refractivity contribution >= 4 is 32.9 Å². The molecule has 2 heterocycles. The van der Waals surface area contributed by atoms with E-state index in [1.165, 1.54) is 0 Å². The van der Waals surface area contributed by atoms with Crippen molar-refractivity contribution in [1.29, 1.82) is 0 Å². The van der Waals surface area contributed by atoms with Crippen LogP contribution in [0.2, 0.25) is 5.02 Å². The quantitative estimate of drug-likeness (QED) is 0.742. The van der Waals surface area contributed by atoms with Gasteiger partial charge in [0.1, 0.15) is 5.69 Å². The number of amides is 1. The maximum Gasteiger partial charge on any atom is 0.274 e. The number of carbonyl (C=O) groups is 1. The zero-order valence-electron chi connectivity index (χ0n) is 15.5. The van der Waals surface area contributed by atoms with Gasteiger partial charge < -0.3 is 4.90 Å². The molecule has 0 spiro atoms. The number of aromatic nitrogens is 2. The second-order valence-electron chi connectivity index (χ2n) is 6.97. The molecule has 2 aromatic rings. The van der Waals surface area contributed by atoms with Gasteiger partial charge in [-0.3, -0.25) is 19.0 Å². The Kier molecular flexibility index (Phi) is 6.24. The van der Waals surface area contributed by atoms with Crippen LogP contribution >= 0.6 is 11.6 Å². The van der Waals surface area contributed by atoms with Gasteiger partial charge in [0.25, 0.3) is 5.91 Å². The summed E-state index contributed by atoms with van der Waals surface area (Å²) in [5.41, 5.74) is 2.15. The molecule has 1 aliphatic rings. The van der Waals surface area contributed by atoms with Crippen LogP contribution in [-0.4, -0.2) is 73.7 Å². The standard InChI is InChI=1S/C19H25ClN4O2S/c1-15-13-18(22-21-15)19(25)24(14-16-5-3-4-6-17(16)20)8-7-23-9-11-27(2,26)12-10-23/h3-6,13H,2,7-12,14H2,1H3,(H,21,22). The number of aryl methyl sites for hydroxylation is 1. The van der Waals surface area contributed by atoms with Gasteiger partial charge in [-0.05, 0) is 40.0 Å². The van der Waals surface area contributed by atoms with Gasteiger partial charge in [0, 0.05) is 54.9 Å². The SMILES string of the molecule is C=S1(=O)CCN(CCN(Cc2ccccc2Cl)C(=O)c2cc(C)[nH]n2)CC1. The first-order valence-corrected chi connectivity index (χ1v) is 11.4. The Hall–Kier alpha value is -1.83. The Morgan fingerprint density at radius 3 is 2.70 bits per heavy atom. The largest absolute Gasteiger partial charge is 0.332 e. The number of benzene rings is 1. The molecule has 27 heavy (non-hydrogen) atoms. The molecule has 6 nitrogen and oxygen atoms in total. The minimum atomic E-state index is -1.92. The molecule has 0 atom stereocenters. The van der Waals surface area contributed by atoms with Gasteiger partial charge in [-0.2, -0.15) is 5.10 Å². The van der Waals surface area contributed by atoms with Crippen LogP contribution < -0.4 is 0 Å². The zero-order valence-corrected chi connectivity index (χ0v) is 17.1. The van der Waals surface area contributed by atoms with Crippen molar-refractivity contribution in [2.24, 2.45) is 0 Å². The molecular formula is C19H25ClN4O2S. The van der Waals surface area contributed by atoms with Crippen molar-refractivity contribution < 1.29 is 9.00 Å². The van der Waals surface area contributed by atoms with Crippen molar-refractivity contribution in [1.82, 2.24) is 20.0 Å². The number of nitrogens with zero attached hydrogens (tertiary/aromatic N) is 3. The molecule has 0 saturated carbocycles. The average Bonchev–Trinajstić information content (AvgIpc) is 3.07. The number of aromatic amines is 1. The second-order valence-corrected chi connectivity index (χ2v) is 10.1. The fourth-order valence-electron chi connectivity index (χ4n) is 3.06. The third-order valence-corrected chi connectivity index (χ3v) is 7.00. The van der Waals surface area contributed by atoms with E-state index in [4.69, 9.17) is 11.6 Å². The molecule has 0 aliphatic carbocycles. The van der Waals surface area contributed by atoms with Gasteiger partial charge in [0.15, 0.2) is 0 Å². The zero-order chi connectivity index (χ0) is 19.4. The van der Waals surface area contributed by atoms with Crippen LogP contribution in [0.5, 0.6) is 0 Å². The van der Waals surface area contributed by atoms with Crippen LogP contribution in [0.25, 0.3) is 0 Å². The lowest BCUT2D eigenvalue weighted by Gasteiger charge is -2.31. The maximum atomic E-state index is 13.0. The van der Waals surface area contributed by atoms with Gasteiger partial charge in [0.05, 0.1) is 0 Å². The Morgan fingerprint density at radius 2 is 2.07 bits per heavy atom. The smallest absolute Gasteiger partial charge is 0.274 e. The fourth-order valence-corrected chi connectivity index (χ4v) is 4.65. The summed E-state index contributed by atoms with van der Waals surface area (Å²) >= 11 is 6.29. The summed E-state index contributed by atoms with van der Waals surface area (Å²) in [7, 11) is -1.92. The van der Waals surface area contributed by atoms with E-state index >= 15 is 0 Å². The number of carbonyl (C=O) groups excluding carboxylic acids is 1. The van der Waals surface area contributed by atoms with Gasteiger partial charge in [-0.15, -0.1) is 0 Å². The van der Waals surface area contributed by atoms with Crippen LogP contribution in [-0.2, 0) is 16.1 Å². The molecule has 0 bridgehead atoms. The van der Waals surface area contributed by atoms with E-state index < -0.39 is 9.52 Å². The molecule has 1 aromatic carbocycles. The van der Waals surface area contributed by atoms with E-state index in [0.29, 0.717) is 35.3 Å². The van der Waals surface area contributed by atoms with E-state index in [-0.39, 0.29) is 5.91 Å². The Labute approximate surface area is 165 Å². The van der Waals surface area contributed by atoms with Crippen molar-refractivity contribution in [2.75, 3.05) is 37.7 Å². The highest BCUT2D eigenvalue weighted by Crippen LogP contribution is 2.18. The Bertz CT molecular complexity index is 896. The fraction of sp³-hybridized carbons (Fsp3) is 0.421. The van der Waals surface area contributed by atoms with Gasteiger partial charge >= 0.3 is 0 Å². The van der Waals surface area contributed by atoms with E-state index in [0.717, 1.165) is 30.9 Å². The van der Waals surface area contributed by atoms with Crippen LogP contribution in [0.15, 0.2) is 30.3 Å². The first-order chi connectivity index (χ1) is 12.8. The van der Waals surface area contributed by atoms with E-state index in [2.05, 4.69) is 21.0 Å². The van der Waals surface area contributed by atoms with Crippen molar-refractivity contribution in [2.45, 2.75) is 13.5 Å². The van der Waals surface area contributed by atoms with E-state index in [1.54, 1.807) is 11.0 Å². The Morgan fingerprint density at radius 1 is 1.37 bits per heavy atom. The minimum absolute atomic E-state index is 0.128. The van der Waals surface area contributed by atoms with Crippen molar-refractivity contribution in [3.05, 3.63) is 52.3 Å². The summed E-state index contributed by atoms with van der Waals surface area (Å²) in [5.74, 6) is 4.91. The number of halogens is 1. The molecule has 3 rings (SSSR count). The third-order valence-electron chi connectivity index (χ3n) is 4.78. The van der Waals surface area contributed by atoms with Gasteiger partial charge in [-0.1, -0.05) is 29.8 Å². The van der Waals surface area contributed by atoms with E-state index in [9.17, 15) is 9.00 Å². The number of hydrogen-bond acceptors (Lipinski definition) is 4. The monoisotopic (exact) mass is 408 g/mol. The lowest BCUT2D eigenvalue weighted by molar-refractivity contribution is 0.0717. The molecule has 8 heteroatoms. The highest BCUT2D eigenvalue weighted by atomic mass is 35.5. The normalized spacial score (nSPS) is 17.0. The second kappa shape index (κ2) is 8.46. The predicted molar refractivity (Wildman–Crippen MR) is 111 cm³/mol. The molecule has 1 amide bonds. The highest BCUT2D eigenvalue weighted by Gasteiger charge is 2.22. The predicted octanol–water partition coefficient (Wildman–Crippen LogP) is 2.05. The first kappa shape index (κ1) is 19.9. The lowest BCUT2D eigenvalue weighted by Crippen LogP contribution is -2.45. The summed E-state index contributed by atoms with van der Waals surface area (Å²) in [5, 5.41) is 7.57. The van der Waals surface area contributed by atoms with Crippen LogP contribution in [0.1, 0.15) is 21.7 Å². The lowest BCUT2D eigenvalue weighted by atomic mass is 10.2. The molecule has 146 valence electrons.